The highest BCUT2D eigenvalue weighted by Crippen LogP contribution is 2.18. The molecule has 0 unspecified atom stereocenters. The summed E-state index contributed by atoms with van der Waals surface area (Å²) in [6, 6.07) is 16.7. The first-order chi connectivity index (χ1) is 15.3. The molecule has 170 valence electrons. The number of thioether (sulfide) groups is 2. The van der Waals surface area contributed by atoms with Crippen molar-refractivity contribution in [2.24, 2.45) is 0 Å². The number of benzene rings is 2. The van der Waals surface area contributed by atoms with Gasteiger partial charge in [0, 0.05) is 42.6 Å². The van der Waals surface area contributed by atoms with E-state index in [4.69, 9.17) is 9.47 Å². The van der Waals surface area contributed by atoms with Crippen molar-refractivity contribution >= 4 is 23.5 Å². The van der Waals surface area contributed by atoms with Crippen molar-refractivity contribution in [3.8, 4) is 11.5 Å². The third-order valence-electron chi connectivity index (χ3n) is 5.30. The summed E-state index contributed by atoms with van der Waals surface area (Å²) in [6.45, 7) is 3.17. The van der Waals surface area contributed by atoms with Crippen molar-refractivity contribution in [2.75, 3.05) is 45.4 Å². The monoisotopic (exact) mass is 461 g/mol. The van der Waals surface area contributed by atoms with E-state index in [2.05, 4.69) is 40.0 Å². The number of rotatable bonds is 14. The van der Waals surface area contributed by atoms with Crippen LogP contribution in [0.5, 0.6) is 11.5 Å². The predicted octanol–water partition coefficient (Wildman–Crippen LogP) is 4.39. The Labute approximate surface area is 195 Å². The molecule has 31 heavy (non-hydrogen) atoms. The van der Waals surface area contributed by atoms with Gasteiger partial charge >= 0.3 is 0 Å². The Morgan fingerprint density at radius 1 is 0.839 bits per heavy atom. The van der Waals surface area contributed by atoms with Crippen molar-refractivity contribution in [1.29, 1.82) is 0 Å². The van der Waals surface area contributed by atoms with Crippen LogP contribution in [0.3, 0.4) is 0 Å². The molecule has 2 aromatic rings. The summed E-state index contributed by atoms with van der Waals surface area (Å²) < 4.78 is 10.4. The van der Waals surface area contributed by atoms with Crippen molar-refractivity contribution in [2.45, 2.75) is 30.5 Å². The first kappa shape index (κ1) is 24.3. The summed E-state index contributed by atoms with van der Waals surface area (Å²) in [5.41, 5.74) is 6.32. The molecule has 0 saturated carbocycles. The van der Waals surface area contributed by atoms with E-state index in [1.807, 2.05) is 47.8 Å². The van der Waals surface area contributed by atoms with Crippen LogP contribution >= 0.6 is 23.5 Å². The van der Waals surface area contributed by atoms with Gasteiger partial charge in [0.1, 0.15) is 11.5 Å². The third-order valence-corrected chi connectivity index (χ3v) is 7.36. The van der Waals surface area contributed by atoms with E-state index in [0.29, 0.717) is 6.17 Å². The summed E-state index contributed by atoms with van der Waals surface area (Å²) in [5.74, 6) is 6.15. The fraction of sp³-hybridized carbons (Fsp3) is 0.500. The van der Waals surface area contributed by atoms with E-state index in [0.717, 1.165) is 54.1 Å². The first-order valence-corrected chi connectivity index (χ1v) is 13.2. The van der Waals surface area contributed by atoms with Crippen molar-refractivity contribution in [3.05, 3.63) is 59.7 Å². The molecule has 1 saturated heterocycles. The van der Waals surface area contributed by atoms with Crippen LogP contribution in [0.1, 0.15) is 24.0 Å². The Morgan fingerprint density at radius 2 is 1.39 bits per heavy atom. The van der Waals surface area contributed by atoms with Gasteiger partial charge in [0.15, 0.2) is 0 Å². The highest BCUT2D eigenvalue weighted by atomic mass is 32.2. The minimum Gasteiger partial charge on any atom is -0.497 e. The van der Waals surface area contributed by atoms with Gasteiger partial charge < -0.3 is 9.47 Å². The zero-order valence-electron chi connectivity index (χ0n) is 18.6. The third kappa shape index (κ3) is 8.58. The van der Waals surface area contributed by atoms with Gasteiger partial charge in [-0.15, -0.1) is 0 Å². The SMILES string of the molecule is COc1ccc(CSCCN[C@H]2CCCN2NCCSCc2ccc(OC)cc2)cc1. The zero-order valence-corrected chi connectivity index (χ0v) is 20.3. The molecule has 0 radical (unpaired) electrons. The Hall–Kier alpha value is -1.38. The molecule has 0 aromatic heterocycles. The topological polar surface area (TPSA) is 45.8 Å². The van der Waals surface area contributed by atoms with Crippen LogP contribution < -0.4 is 20.2 Å². The molecule has 1 aliphatic heterocycles. The maximum Gasteiger partial charge on any atom is 0.118 e. The number of nitrogens with zero attached hydrogens (tertiary/aromatic N) is 1. The smallest absolute Gasteiger partial charge is 0.118 e. The normalized spacial score (nSPS) is 16.5. The van der Waals surface area contributed by atoms with Gasteiger partial charge in [0.25, 0.3) is 0 Å². The van der Waals surface area contributed by atoms with E-state index in [-0.39, 0.29) is 0 Å². The lowest BCUT2D eigenvalue weighted by atomic mass is 10.2. The second kappa shape index (κ2) is 13.9. The molecular weight excluding hydrogens is 426 g/mol. The molecule has 2 N–H and O–H groups in total. The number of hydrogen-bond acceptors (Lipinski definition) is 7. The van der Waals surface area contributed by atoms with Crippen molar-refractivity contribution in [1.82, 2.24) is 15.8 Å². The van der Waals surface area contributed by atoms with E-state index in [9.17, 15) is 0 Å². The van der Waals surface area contributed by atoms with Gasteiger partial charge in [0.05, 0.1) is 20.4 Å². The molecule has 7 heteroatoms. The second-order valence-corrected chi connectivity index (χ2v) is 9.73. The summed E-state index contributed by atoms with van der Waals surface area (Å²) >= 11 is 3.94. The van der Waals surface area contributed by atoms with Gasteiger partial charge in [-0.2, -0.15) is 23.5 Å². The van der Waals surface area contributed by atoms with Crippen LogP contribution in [-0.4, -0.2) is 56.5 Å². The van der Waals surface area contributed by atoms with Gasteiger partial charge in [-0.05, 0) is 48.2 Å². The Kier molecular flexibility index (Phi) is 10.9. The lowest BCUT2D eigenvalue weighted by Crippen LogP contribution is -2.49. The maximum atomic E-state index is 5.22. The van der Waals surface area contributed by atoms with Gasteiger partial charge in [-0.25, -0.2) is 5.01 Å². The minimum absolute atomic E-state index is 0.452. The Bertz CT molecular complexity index is 680. The highest BCUT2D eigenvalue weighted by molar-refractivity contribution is 7.98. The molecule has 2 aromatic carbocycles. The minimum atomic E-state index is 0.452. The van der Waals surface area contributed by atoms with Crippen molar-refractivity contribution in [3.63, 3.8) is 0 Å². The van der Waals surface area contributed by atoms with Crippen molar-refractivity contribution < 1.29 is 9.47 Å². The second-order valence-electron chi connectivity index (χ2n) is 7.51. The standard InChI is InChI=1S/C24H35N3O2S2/c1-28-22-9-5-20(6-10-22)18-30-16-13-25-24-4-3-15-27(24)26-14-17-31-19-21-7-11-23(29-2)12-8-21/h5-12,24-26H,3-4,13-19H2,1-2H3/t24-/m1/s1. The summed E-state index contributed by atoms with van der Waals surface area (Å²) in [7, 11) is 3.41. The molecule has 1 atom stereocenters. The van der Waals surface area contributed by atoms with Crippen LogP contribution in [0.4, 0.5) is 0 Å². The fourth-order valence-corrected chi connectivity index (χ4v) is 5.19. The number of nitrogens with one attached hydrogen (secondary N) is 2. The summed E-state index contributed by atoms with van der Waals surface area (Å²) in [6.07, 6.45) is 2.92. The average molecular weight is 462 g/mol. The molecule has 0 aliphatic carbocycles. The molecular formula is C24H35N3O2S2. The number of hydrazine groups is 1. The number of hydrogen-bond donors (Lipinski definition) is 2. The number of methoxy groups -OCH3 is 2. The molecule has 3 rings (SSSR count). The van der Waals surface area contributed by atoms with E-state index in [1.54, 1.807) is 14.2 Å². The molecule has 0 spiro atoms. The fourth-order valence-electron chi connectivity index (χ4n) is 3.55. The van der Waals surface area contributed by atoms with Crippen LogP contribution in [0.2, 0.25) is 0 Å². The predicted molar refractivity (Wildman–Crippen MR) is 134 cm³/mol. The molecule has 1 fully saturated rings. The van der Waals surface area contributed by atoms with Gasteiger partial charge in [-0.3, -0.25) is 10.7 Å². The summed E-state index contributed by atoms with van der Waals surface area (Å²) in [5, 5.41) is 6.11. The molecule has 1 aliphatic rings. The van der Waals surface area contributed by atoms with Crippen LogP contribution in [0.25, 0.3) is 0 Å². The molecule has 5 nitrogen and oxygen atoms in total. The lowest BCUT2D eigenvalue weighted by Gasteiger charge is -2.26. The molecule has 0 amide bonds. The van der Waals surface area contributed by atoms with Crippen LogP contribution in [-0.2, 0) is 11.5 Å². The highest BCUT2D eigenvalue weighted by Gasteiger charge is 2.23. The van der Waals surface area contributed by atoms with E-state index < -0.39 is 0 Å². The zero-order chi connectivity index (χ0) is 21.7. The number of ether oxygens (including phenoxy) is 2. The Morgan fingerprint density at radius 3 is 1.94 bits per heavy atom. The molecule has 0 bridgehead atoms. The quantitative estimate of drug-likeness (QED) is 0.405. The van der Waals surface area contributed by atoms with E-state index >= 15 is 0 Å². The Balaban J connectivity index is 1.23. The van der Waals surface area contributed by atoms with Crippen LogP contribution in [0.15, 0.2) is 48.5 Å². The van der Waals surface area contributed by atoms with Gasteiger partial charge in [0.2, 0.25) is 0 Å². The summed E-state index contributed by atoms with van der Waals surface area (Å²) in [4.78, 5) is 0. The lowest BCUT2D eigenvalue weighted by molar-refractivity contribution is 0.151. The van der Waals surface area contributed by atoms with E-state index in [1.165, 1.54) is 24.0 Å². The van der Waals surface area contributed by atoms with Crippen LogP contribution in [0, 0.1) is 0 Å². The largest absolute Gasteiger partial charge is 0.497 e. The average Bonchev–Trinajstić information content (AvgIpc) is 3.26. The maximum absolute atomic E-state index is 5.22. The molecule has 1 heterocycles. The van der Waals surface area contributed by atoms with Gasteiger partial charge in [-0.1, -0.05) is 24.3 Å². The first-order valence-electron chi connectivity index (χ1n) is 10.9.